The lowest BCUT2D eigenvalue weighted by Gasteiger charge is -2.16. The molecule has 1 aliphatic heterocycles. The number of hydrogen-bond acceptors (Lipinski definition) is 6. The Balaban J connectivity index is 2.44. The van der Waals surface area contributed by atoms with Crippen molar-refractivity contribution in [2.45, 2.75) is 31.8 Å². The lowest BCUT2D eigenvalue weighted by Crippen LogP contribution is -2.29. The molecule has 0 unspecified atom stereocenters. The molecule has 0 aliphatic carbocycles. The minimum Gasteiger partial charge on any atom is -0.467 e. The molecular weight excluding hydrogens is 266 g/mol. The highest BCUT2D eigenvalue weighted by Crippen LogP contribution is 2.41. The molecule has 1 aromatic rings. The van der Waals surface area contributed by atoms with E-state index in [9.17, 15) is 14.9 Å². The minimum atomic E-state index is -1.03. The van der Waals surface area contributed by atoms with Crippen LogP contribution in [-0.2, 0) is 19.0 Å². The van der Waals surface area contributed by atoms with E-state index in [0.29, 0.717) is 5.56 Å². The second-order valence-corrected chi connectivity index (χ2v) is 4.82. The molecule has 1 heterocycles. The molecule has 0 aromatic heterocycles. The van der Waals surface area contributed by atoms with Crippen LogP contribution in [0, 0.1) is 10.1 Å². The zero-order valence-electron chi connectivity index (χ0n) is 11.4. The van der Waals surface area contributed by atoms with Crippen LogP contribution in [0.5, 0.6) is 0 Å². The number of rotatable bonds is 3. The first kappa shape index (κ1) is 14.4. The molecule has 7 heteroatoms. The second-order valence-electron chi connectivity index (χ2n) is 4.82. The zero-order valence-corrected chi connectivity index (χ0v) is 11.4. The number of esters is 1. The smallest absolute Gasteiger partial charge is 0.338 e. The summed E-state index contributed by atoms with van der Waals surface area (Å²) in [7, 11) is 1.23. The highest BCUT2D eigenvalue weighted by molar-refractivity contribution is 5.76. The Morgan fingerprint density at radius 3 is 2.60 bits per heavy atom. The van der Waals surface area contributed by atoms with Crippen LogP contribution in [0.4, 0.5) is 5.69 Å². The van der Waals surface area contributed by atoms with E-state index in [1.807, 2.05) is 0 Å². The zero-order chi connectivity index (χ0) is 14.9. The number of carbonyl (C=O) groups excluding carboxylic acids is 1. The Labute approximate surface area is 115 Å². The number of benzene rings is 1. The summed E-state index contributed by atoms with van der Waals surface area (Å²) in [6.45, 7) is 3.27. The number of hydrogen-bond donors (Lipinski definition) is 0. The van der Waals surface area contributed by atoms with Gasteiger partial charge in [-0.25, -0.2) is 4.79 Å². The van der Waals surface area contributed by atoms with Gasteiger partial charge in [-0.15, -0.1) is 0 Å². The van der Waals surface area contributed by atoms with Crippen molar-refractivity contribution in [3.05, 3.63) is 39.9 Å². The number of carbonyl (C=O) groups is 1. The van der Waals surface area contributed by atoms with Gasteiger partial charge in [-0.1, -0.05) is 12.1 Å². The summed E-state index contributed by atoms with van der Waals surface area (Å²) in [5, 5.41) is 11.1. The molecule has 1 aliphatic rings. The molecule has 0 saturated carbocycles. The van der Waals surface area contributed by atoms with E-state index < -0.39 is 28.9 Å². The van der Waals surface area contributed by atoms with Gasteiger partial charge in [0.15, 0.2) is 11.9 Å². The van der Waals surface area contributed by atoms with Crippen molar-refractivity contribution in [1.82, 2.24) is 0 Å². The van der Waals surface area contributed by atoms with Gasteiger partial charge < -0.3 is 14.2 Å². The maximum atomic E-state index is 11.8. The lowest BCUT2D eigenvalue weighted by molar-refractivity contribution is -0.386. The van der Waals surface area contributed by atoms with Gasteiger partial charge in [-0.3, -0.25) is 10.1 Å². The first-order chi connectivity index (χ1) is 9.35. The number of para-hydroxylation sites is 1. The van der Waals surface area contributed by atoms with Gasteiger partial charge in [0, 0.05) is 6.07 Å². The Morgan fingerprint density at radius 2 is 2.00 bits per heavy atom. The Hall–Kier alpha value is -1.99. The number of ether oxygens (including phenoxy) is 3. The third-order valence-corrected chi connectivity index (χ3v) is 2.97. The van der Waals surface area contributed by atoms with E-state index in [0.717, 1.165) is 0 Å². The van der Waals surface area contributed by atoms with E-state index in [1.54, 1.807) is 32.0 Å². The van der Waals surface area contributed by atoms with Gasteiger partial charge >= 0.3 is 5.97 Å². The van der Waals surface area contributed by atoms with Crippen LogP contribution >= 0.6 is 0 Å². The van der Waals surface area contributed by atoms with Crippen molar-refractivity contribution in [1.29, 1.82) is 0 Å². The SMILES string of the molecule is COC(=O)[C@H]1OC(C)(C)O[C@@H]1c1ccccc1[N+](=O)[O-]. The summed E-state index contributed by atoms with van der Waals surface area (Å²) in [4.78, 5) is 22.3. The second kappa shape index (κ2) is 5.18. The molecule has 1 saturated heterocycles. The summed E-state index contributed by atoms with van der Waals surface area (Å²) in [6.07, 6.45) is -1.91. The fourth-order valence-corrected chi connectivity index (χ4v) is 2.17. The quantitative estimate of drug-likeness (QED) is 0.478. The normalized spacial score (nSPS) is 24.4. The highest BCUT2D eigenvalue weighted by atomic mass is 16.8. The molecule has 0 radical (unpaired) electrons. The van der Waals surface area contributed by atoms with Crippen molar-refractivity contribution >= 4 is 11.7 Å². The van der Waals surface area contributed by atoms with Crippen LogP contribution in [0.3, 0.4) is 0 Å². The molecule has 0 bridgehead atoms. The topological polar surface area (TPSA) is 87.9 Å². The Morgan fingerprint density at radius 1 is 1.35 bits per heavy atom. The number of methoxy groups -OCH3 is 1. The van der Waals surface area contributed by atoms with Crippen LogP contribution in [0.15, 0.2) is 24.3 Å². The highest BCUT2D eigenvalue weighted by Gasteiger charge is 2.48. The standard InChI is InChI=1S/C13H15NO6/c1-13(2)19-10(11(20-13)12(15)18-3)8-6-4-5-7-9(8)14(16)17/h4-7,10-11H,1-3H3/t10-,11+/m1/s1. The largest absolute Gasteiger partial charge is 0.467 e. The van der Waals surface area contributed by atoms with Gasteiger partial charge in [0.1, 0.15) is 6.10 Å². The average molecular weight is 281 g/mol. The minimum absolute atomic E-state index is 0.118. The fourth-order valence-electron chi connectivity index (χ4n) is 2.17. The number of nitro groups is 1. The van der Waals surface area contributed by atoms with Gasteiger partial charge in [-0.2, -0.15) is 0 Å². The maximum Gasteiger partial charge on any atom is 0.338 e. The number of nitrogens with zero attached hydrogens (tertiary/aromatic N) is 1. The van der Waals surface area contributed by atoms with Crippen LogP contribution in [-0.4, -0.2) is 29.9 Å². The van der Waals surface area contributed by atoms with E-state index in [4.69, 9.17) is 9.47 Å². The van der Waals surface area contributed by atoms with Crippen LogP contribution in [0.25, 0.3) is 0 Å². The number of nitro benzene ring substituents is 1. The molecule has 0 N–H and O–H groups in total. The van der Waals surface area contributed by atoms with Crippen molar-refractivity contribution in [2.75, 3.05) is 7.11 Å². The van der Waals surface area contributed by atoms with Gasteiger partial charge in [-0.05, 0) is 19.9 Å². The van der Waals surface area contributed by atoms with Crippen LogP contribution in [0.1, 0.15) is 25.5 Å². The van der Waals surface area contributed by atoms with Crippen molar-refractivity contribution in [2.24, 2.45) is 0 Å². The molecule has 2 atom stereocenters. The Bertz CT molecular complexity index is 541. The van der Waals surface area contributed by atoms with E-state index in [2.05, 4.69) is 4.74 Å². The molecule has 7 nitrogen and oxygen atoms in total. The van der Waals surface area contributed by atoms with Crippen molar-refractivity contribution < 1.29 is 23.9 Å². The molecule has 108 valence electrons. The third-order valence-electron chi connectivity index (χ3n) is 2.97. The predicted molar refractivity (Wildman–Crippen MR) is 67.9 cm³/mol. The predicted octanol–water partition coefficient (Wildman–Crippen LogP) is 1.96. The summed E-state index contributed by atoms with van der Waals surface area (Å²) < 4.78 is 15.8. The van der Waals surface area contributed by atoms with E-state index in [-0.39, 0.29) is 5.69 Å². The van der Waals surface area contributed by atoms with Crippen molar-refractivity contribution in [3.63, 3.8) is 0 Å². The summed E-state index contributed by atoms with van der Waals surface area (Å²) >= 11 is 0. The lowest BCUT2D eigenvalue weighted by atomic mass is 10.0. The summed E-state index contributed by atoms with van der Waals surface area (Å²) in [5.41, 5.74) is 0.172. The van der Waals surface area contributed by atoms with Crippen molar-refractivity contribution in [3.8, 4) is 0 Å². The summed E-state index contributed by atoms with van der Waals surface area (Å²) in [6, 6.07) is 6.10. The Kier molecular flexibility index (Phi) is 3.74. The van der Waals surface area contributed by atoms with Gasteiger partial charge in [0.05, 0.1) is 17.6 Å². The third kappa shape index (κ3) is 2.63. The van der Waals surface area contributed by atoms with Crippen LogP contribution in [0.2, 0.25) is 0 Å². The monoisotopic (exact) mass is 281 g/mol. The van der Waals surface area contributed by atoms with Gasteiger partial charge in [0.2, 0.25) is 0 Å². The molecule has 20 heavy (non-hydrogen) atoms. The first-order valence-corrected chi connectivity index (χ1v) is 6.02. The van der Waals surface area contributed by atoms with Crippen LogP contribution < -0.4 is 0 Å². The molecule has 0 spiro atoms. The average Bonchev–Trinajstić information content (AvgIpc) is 2.73. The maximum absolute atomic E-state index is 11.8. The molecular formula is C13H15NO6. The van der Waals surface area contributed by atoms with Gasteiger partial charge in [0.25, 0.3) is 5.69 Å². The molecule has 1 aromatic carbocycles. The fraction of sp³-hybridized carbons (Fsp3) is 0.462. The molecule has 0 amide bonds. The van der Waals surface area contributed by atoms with E-state index in [1.165, 1.54) is 13.2 Å². The first-order valence-electron chi connectivity index (χ1n) is 6.02. The molecule has 2 rings (SSSR count). The summed E-state index contributed by atoms with van der Waals surface area (Å²) in [5.74, 6) is -1.65. The van der Waals surface area contributed by atoms with E-state index >= 15 is 0 Å². The molecule has 1 fully saturated rings.